The Morgan fingerprint density at radius 2 is 1.76 bits per heavy atom. The zero-order chi connectivity index (χ0) is 25.0. The molecule has 4 heterocycles. The van der Waals surface area contributed by atoms with Crippen molar-refractivity contribution >= 4 is 20.8 Å². The molecule has 0 amide bonds. The van der Waals surface area contributed by atoms with Crippen molar-refractivity contribution in [2.24, 2.45) is 0 Å². The summed E-state index contributed by atoms with van der Waals surface area (Å²) in [6, 6.07) is 17.0. The maximum atomic E-state index is 13.2. The van der Waals surface area contributed by atoms with E-state index in [2.05, 4.69) is 20.2 Å². The van der Waals surface area contributed by atoms with Gasteiger partial charge < -0.3 is 23.7 Å². The molecule has 190 valence electrons. The molecule has 3 aliphatic heterocycles. The summed E-state index contributed by atoms with van der Waals surface area (Å²) in [7, 11) is -3.80. The van der Waals surface area contributed by atoms with Gasteiger partial charge in [-0.1, -0.05) is 35.4 Å². The summed E-state index contributed by atoms with van der Waals surface area (Å²) in [5, 5.41) is 13.6. The van der Waals surface area contributed by atoms with Gasteiger partial charge in [-0.3, -0.25) is 0 Å². The number of fused-ring (bicyclic) bond motifs is 3. The SMILES string of the molecule is O=S(=O)(NC1COC2C1OCC2n1nnnc1Oc1ccc2c(c1)OCO2)c1ccc2ccccc2c1. The zero-order valence-corrected chi connectivity index (χ0v) is 20.1. The maximum absolute atomic E-state index is 13.2. The van der Waals surface area contributed by atoms with Crippen LogP contribution in [-0.4, -0.2) is 66.9 Å². The van der Waals surface area contributed by atoms with Crippen LogP contribution in [0.4, 0.5) is 0 Å². The molecule has 3 aromatic carbocycles. The predicted molar refractivity (Wildman–Crippen MR) is 127 cm³/mol. The van der Waals surface area contributed by atoms with Crippen LogP contribution in [0, 0.1) is 0 Å². The number of benzene rings is 3. The van der Waals surface area contributed by atoms with Gasteiger partial charge in [-0.25, -0.2) is 13.1 Å². The lowest BCUT2D eigenvalue weighted by Crippen LogP contribution is -2.44. The molecule has 0 bridgehead atoms. The van der Waals surface area contributed by atoms with Gasteiger partial charge in [-0.05, 0) is 45.5 Å². The molecule has 7 rings (SSSR count). The van der Waals surface area contributed by atoms with E-state index in [-0.39, 0.29) is 30.9 Å². The number of ether oxygens (including phenoxy) is 5. The maximum Gasteiger partial charge on any atom is 0.341 e. The van der Waals surface area contributed by atoms with Crippen LogP contribution >= 0.6 is 0 Å². The van der Waals surface area contributed by atoms with Crippen LogP contribution in [-0.2, 0) is 19.5 Å². The monoisotopic (exact) mass is 523 g/mol. The average Bonchev–Trinajstić information content (AvgIpc) is 3.69. The van der Waals surface area contributed by atoms with Crippen molar-refractivity contribution in [2.45, 2.75) is 29.2 Å². The van der Waals surface area contributed by atoms with Gasteiger partial charge in [0.25, 0.3) is 0 Å². The minimum atomic E-state index is -3.80. The van der Waals surface area contributed by atoms with Crippen LogP contribution in [0.25, 0.3) is 10.8 Å². The van der Waals surface area contributed by atoms with Crippen molar-refractivity contribution in [3.05, 3.63) is 60.7 Å². The largest absolute Gasteiger partial charge is 0.454 e. The number of hydrogen-bond donors (Lipinski definition) is 1. The van der Waals surface area contributed by atoms with Crippen molar-refractivity contribution in [1.29, 1.82) is 0 Å². The van der Waals surface area contributed by atoms with Gasteiger partial charge >= 0.3 is 6.01 Å². The third kappa shape index (κ3) is 3.96. The second-order valence-electron chi connectivity index (χ2n) is 8.92. The van der Waals surface area contributed by atoms with E-state index >= 15 is 0 Å². The number of tetrazole rings is 1. The minimum Gasteiger partial charge on any atom is -0.454 e. The Hall–Kier alpha value is -3.78. The molecule has 0 spiro atoms. The van der Waals surface area contributed by atoms with E-state index in [1.807, 2.05) is 24.3 Å². The van der Waals surface area contributed by atoms with Gasteiger partial charge in [0.2, 0.25) is 16.8 Å². The Labute approximate surface area is 211 Å². The lowest BCUT2D eigenvalue weighted by atomic mass is 10.1. The first-order valence-corrected chi connectivity index (χ1v) is 13.1. The van der Waals surface area contributed by atoms with Crippen molar-refractivity contribution in [1.82, 2.24) is 24.9 Å². The predicted octanol–water partition coefficient (Wildman–Crippen LogP) is 2.03. The number of aromatic nitrogens is 4. The first-order chi connectivity index (χ1) is 18.0. The minimum absolute atomic E-state index is 0.150. The van der Waals surface area contributed by atoms with Crippen molar-refractivity contribution < 1.29 is 32.1 Å². The summed E-state index contributed by atoms with van der Waals surface area (Å²) in [4.78, 5) is 0.184. The average molecular weight is 524 g/mol. The molecule has 12 nitrogen and oxygen atoms in total. The fourth-order valence-electron chi connectivity index (χ4n) is 4.90. The third-order valence-corrected chi connectivity index (χ3v) is 8.18. The first kappa shape index (κ1) is 22.4. The van der Waals surface area contributed by atoms with E-state index in [1.165, 1.54) is 4.68 Å². The molecule has 4 atom stereocenters. The van der Waals surface area contributed by atoms with Crippen LogP contribution < -0.4 is 18.9 Å². The van der Waals surface area contributed by atoms with Crippen LogP contribution in [0.3, 0.4) is 0 Å². The molecular formula is C24H21N5O7S. The molecule has 13 heteroatoms. The molecule has 0 saturated carbocycles. The Bertz CT molecular complexity index is 1590. The first-order valence-electron chi connectivity index (χ1n) is 11.6. The molecule has 1 N–H and O–H groups in total. The topological polar surface area (TPSA) is 136 Å². The third-order valence-electron chi connectivity index (χ3n) is 6.69. The Kier molecular flexibility index (Phi) is 5.25. The standard InChI is InChI=1S/C24H21N5O7S/c30-37(31,17-7-5-14-3-1-2-4-15(14)9-17)26-18-11-32-23-19(12-33-22(18)23)29-24(25-27-28-29)36-16-6-8-20-21(10-16)35-13-34-20/h1-10,18-19,22-23,26H,11-13H2. The number of hydrogen-bond acceptors (Lipinski definition) is 10. The van der Waals surface area contributed by atoms with Crippen LogP contribution in [0.1, 0.15) is 6.04 Å². The summed E-state index contributed by atoms with van der Waals surface area (Å²) < 4.78 is 59.2. The Morgan fingerprint density at radius 1 is 0.919 bits per heavy atom. The number of rotatable bonds is 6. The number of sulfonamides is 1. The molecule has 1 aromatic heterocycles. The highest BCUT2D eigenvalue weighted by Crippen LogP contribution is 2.39. The summed E-state index contributed by atoms with van der Waals surface area (Å²) in [6.07, 6.45) is -0.977. The fourth-order valence-corrected chi connectivity index (χ4v) is 6.16. The van der Waals surface area contributed by atoms with E-state index in [1.54, 1.807) is 36.4 Å². The molecular weight excluding hydrogens is 502 g/mol. The second-order valence-corrected chi connectivity index (χ2v) is 10.6. The van der Waals surface area contributed by atoms with E-state index in [4.69, 9.17) is 23.7 Å². The summed E-state index contributed by atoms with van der Waals surface area (Å²) >= 11 is 0. The highest BCUT2D eigenvalue weighted by atomic mass is 32.2. The second kappa shape index (κ2) is 8.66. The van der Waals surface area contributed by atoms with Crippen molar-refractivity contribution in [3.63, 3.8) is 0 Å². The van der Waals surface area contributed by atoms with Gasteiger partial charge in [-0.2, -0.15) is 4.68 Å². The fraction of sp³-hybridized carbons (Fsp3) is 0.292. The van der Waals surface area contributed by atoms with Crippen molar-refractivity contribution in [2.75, 3.05) is 20.0 Å². The highest BCUT2D eigenvalue weighted by Gasteiger charge is 2.51. The number of nitrogens with zero attached hydrogens (tertiary/aromatic N) is 4. The van der Waals surface area contributed by atoms with Gasteiger partial charge in [0, 0.05) is 6.07 Å². The molecule has 0 radical (unpaired) electrons. The van der Waals surface area contributed by atoms with Crippen molar-refractivity contribution in [3.8, 4) is 23.3 Å². The summed E-state index contributed by atoms with van der Waals surface area (Å²) in [5.41, 5.74) is 0. The summed E-state index contributed by atoms with van der Waals surface area (Å²) in [6.45, 7) is 0.535. The quantitative estimate of drug-likeness (QED) is 0.400. The Balaban J connectivity index is 1.08. The molecule has 3 aliphatic rings. The molecule has 2 saturated heterocycles. The molecule has 4 unspecified atom stereocenters. The van der Waals surface area contributed by atoms with E-state index in [9.17, 15) is 8.42 Å². The molecule has 37 heavy (non-hydrogen) atoms. The molecule has 4 aromatic rings. The van der Waals surface area contributed by atoms with Gasteiger partial charge in [0.15, 0.2) is 11.5 Å². The molecule has 0 aliphatic carbocycles. The number of nitrogens with one attached hydrogen (secondary N) is 1. The van der Waals surface area contributed by atoms with E-state index in [0.29, 0.717) is 17.2 Å². The van der Waals surface area contributed by atoms with Crippen LogP contribution in [0.5, 0.6) is 23.3 Å². The van der Waals surface area contributed by atoms with Gasteiger partial charge in [0.05, 0.1) is 24.2 Å². The lowest BCUT2D eigenvalue weighted by Gasteiger charge is -2.18. The lowest BCUT2D eigenvalue weighted by molar-refractivity contribution is 0.0615. The summed E-state index contributed by atoms with van der Waals surface area (Å²) in [5.74, 6) is 1.68. The smallest absolute Gasteiger partial charge is 0.341 e. The highest BCUT2D eigenvalue weighted by molar-refractivity contribution is 7.89. The zero-order valence-electron chi connectivity index (χ0n) is 19.3. The van der Waals surface area contributed by atoms with E-state index in [0.717, 1.165) is 10.8 Å². The van der Waals surface area contributed by atoms with Gasteiger partial charge in [-0.15, -0.1) is 0 Å². The van der Waals surface area contributed by atoms with E-state index < -0.39 is 34.3 Å². The van der Waals surface area contributed by atoms with Crippen LogP contribution in [0.15, 0.2) is 65.6 Å². The normalized spacial score (nSPS) is 24.4. The molecule has 2 fully saturated rings. The van der Waals surface area contributed by atoms with Gasteiger partial charge in [0.1, 0.15) is 24.0 Å². The Morgan fingerprint density at radius 3 is 2.68 bits per heavy atom. The van der Waals surface area contributed by atoms with Crippen LogP contribution in [0.2, 0.25) is 0 Å².